The molecular weight excluding hydrogens is 196 g/mol. The maximum absolute atomic E-state index is 5.49. The molecular formula is C11H12O4. The first-order valence-electron chi connectivity index (χ1n) is 5.03. The van der Waals surface area contributed by atoms with Gasteiger partial charge in [0.1, 0.15) is 30.8 Å². The third kappa shape index (κ3) is 2.61. The molecule has 1 aromatic rings. The Bertz CT molecular complexity index is 327. The van der Waals surface area contributed by atoms with Crippen LogP contribution in [0.5, 0.6) is 11.5 Å². The predicted molar refractivity (Wildman–Crippen MR) is 52.0 cm³/mol. The lowest BCUT2D eigenvalue weighted by atomic mass is 10.3. The number of benzene rings is 1. The molecule has 1 aromatic carbocycles. The molecule has 2 aliphatic rings. The Morgan fingerprint density at radius 3 is 2.33 bits per heavy atom. The molecule has 0 amide bonds. The molecule has 2 unspecified atom stereocenters. The van der Waals surface area contributed by atoms with E-state index in [-0.39, 0.29) is 6.29 Å². The van der Waals surface area contributed by atoms with Crippen LogP contribution in [0.1, 0.15) is 0 Å². The van der Waals surface area contributed by atoms with Gasteiger partial charge in [-0.15, -0.1) is 0 Å². The van der Waals surface area contributed by atoms with Gasteiger partial charge >= 0.3 is 0 Å². The van der Waals surface area contributed by atoms with Gasteiger partial charge in [0.05, 0.1) is 6.61 Å². The monoisotopic (exact) mass is 208 g/mol. The van der Waals surface area contributed by atoms with Crippen molar-refractivity contribution in [2.24, 2.45) is 0 Å². The maximum atomic E-state index is 5.49. The Morgan fingerprint density at radius 1 is 1.07 bits per heavy atom. The van der Waals surface area contributed by atoms with Crippen LogP contribution in [-0.4, -0.2) is 32.2 Å². The SMILES string of the molecule is c1cc(OC2CO2)ccc1OCC1CO1. The summed E-state index contributed by atoms with van der Waals surface area (Å²) in [5, 5.41) is 0. The summed E-state index contributed by atoms with van der Waals surface area (Å²) < 4.78 is 20.9. The van der Waals surface area contributed by atoms with Gasteiger partial charge < -0.3 is 18.9 Å². The van der Waals surface area contributed by atoms with Gasteiger partial charge in [-0.2, -0.15) is 0 Å². The van der Waals surface area contributed by atoms with E-state index >= 15 is 0 Å². The quantitative estimate of drug-likeness (QED) is 0.682. The predicted octanol–water partition coefficient (Wildman–Crippen LogP) is 1.20. The second-order valence-corrected chi connectivity index (χ2v) is 3.62. The Morgan fingerprint density at radius 2 is 1.73 bits per heavy atom. The minimum absolute atomic E-state index is 0.0448. The molecule has 2 aliphatic heterocycles. The zero-order chi connectivity index (χ0) is 10.1. The van der Waals surface area contributed by atoms with Gasteiger partial charge in [-0.3, -0.25) is 0 Å². The van der Waals surface area contributed by atoms with Crippen molar-refractivity contribution in [2.45, 2.75) is 12.4 Å². The molecule has 0 aromatic heterocycles. The number of ether oxygens (including phenoxy) is 4. The third-order valence-corrected chi connectivity index (χ3v) is 2.23. The fourth-order valence-electron chi connectivity index (χ4n) is 1.23. The average molecular weight is 208 g/mol. The van der Waals surface area contributed by atoms with Crippen LogP contribution >= 0.6 is 0 Å². The van der Waals surface area contributed by atoms with Crippen LogP contribution < -0.4 is 9.47 Å². The van der Waals surface area contributed by atoms with Crippen molar-refractivity contribution in [1.29, 1.82) is 0 Å². The van der Waals surface area contributed by atoms with Gasteiger partial charge in [-0.1, -0.05) is 0 Å². The molecule has 80 valence electrons. The summed E-state index contributed by atoms with van der Waals surface area (Å²) >= 11 is 0. The Balaban J connectivity index is 1.53. The van der Waals surface area contributed by atoms with Crippen molar-refractivity contribution in [3.05, 3.63) is 24.3 Å². The van der Waals surface area contributed by atoms with Crippen molar-refractivity contribution in [3.63, 3.8) is 0 Å². The first-order chi connectivity index (χ1) is 7.40. The molecule has 0 aliphatic carbocycles. The highest BCUT2D eigenvalue weighted by molar-refractivity contribution is 5.31. The standard InChI is InChI=1S/C11H12O4/c1-3-9(15-11-7-14-11)4-2-8(1)12-5-10-6-13-10/h1-4,10-11H,5-7H2. The third-order valence-electron chi connectivity index (χ3n) is 2.23. The summed E-state index contributed by atoms with van der Waals surface area (Å²) in [5.74, 6) is 1.65. The fraction of sp³-hybridized carbons (Fsp3) is 0.455. The first kappa shape index (κ1) is 9.00. The van der Waals surface area contributed by atoms with E-state index in [1.807, 2.05) is 24.3 Å². The lowest BCUT2D eigenvalue weighted by Crippen LogP contribution is -2.04. The van der Waals surface area contributed by atoms with E-state index in [0.29, 0.717) is 19.3 Å². The summed E-state index contributed by atoms with van der Waals surface area (Å²) in [7, 11) is 0. The smallest absolute Gasteiger partial charge is 0.223 e. The van der Waals surface area contributed by atoms with E-state index in [1.165, 1.54) is 0 Å². The molecule has 4 heteroatoms. The van der Waals surface area contributed by atoms with E-state index in [0.717, 1.165) is 18.1 Å². The second kappa shape index (κ2) is 3.72. The number of hydrogen-bond donors (Lipinski definition) is 0. The number of epoxide rings is 2. The summed E-state index contributed by atoms with van der Waals surface area (Å²) in [5.41, 5.74) is 0. The van der Waals surface area contributed by atoms with Crippen molar-refractivity contribution in [3.8, 4) is 11.5 Å². The first-order valence-corrected chi connectivity index (χ1v) is 5.03. The molecule has 2 fully saturated rings. The summed E-state index contributed by atoms with van der Waals surface area (Å²) in [6.45, 7) is 2.14. The molecule has 0 radical (unpaired) electrons. The van der Waals surface area contributed by atoms with E-state index in [1.54, 1.807) is 0 Å². The van der Waals surface area contributed by atoms with Gasteiger partial charge in [0.15, 0.2) is 0 Å². The highest BCUT2D eigenvalue weighted by Crippen LogP contribution is 2.22. The Kier molecular flexibility index (Phi) is 2.23. The van der Waals surface area contributed by atoms with Crippen LogP contribution in [0.25, 0.3) is 0 Å². The van der Waals surface area contributed by atoms with Crippen molar-refractivity contribution in [2.75, 3.05) is 19.8 Å². The van der Waals surface area contributed by atoms with Crippen molar-refractivity contribution >= 4 is 0 Å². The van der Waals surface area contributed by atoms with Gasteiger partial charge in [0, 0.05) is 0 Å². The molecule has 0 spiro atoms. The molecule has 2 saturated heterocycles. The van der Waals surface area contributed by atoms with Gasteiger partial charge in [-0.05, 0) is 24.3 Å². The van der Waals surface area contributed by atoms with Crippen molar-refractivity contribution in [1.82, 2.24) is 0 Å². The summed E-state index contributed by atoms with van der Waals surface area (Å²) in [4.78, 5) is 0. The number of rotatable bonds is 5. The maximum Gasteiger partial charge on any atom is 0.223 e. The number of hydrogen-bond acceptors (Lipinski definition) is 4. The highest BCUT2D eigenvalue weighted by Gasteiger charge is 2.25. The highest BCUT2D eigenvalue weighted by atomic mass is 16.8. The topological polar surface area (TPSA) is 43.5 Å². The fourth-order valence-corrected chi connectivity index (χ4v) is 1.23. The zero-order valence-electron chi connectivity index (χ0n) is 8.22. The minimum atomic E-state index is -0.0448. The second-order valence-electron chi connectivity index (χ2n) is 3.62. The summed E-state index contributed by atoms with van der Waals surface area (Å²) in [6, 6.07) is 7.54. The van der Waals surface area contributed by atoms with E-state index < -0.39 is 0 Å². The van der Waals surface area contributed by atoms with E-state index in [4.69, 9.17) is 18.9 Å². The minimum Gasteiger partial charge on any atom is -0.491 e. The van der Waals surface area contributed by atoms with Crippen LogP contribution in [0.3, 0.4) is 0 Å². The van der Waals surface area contributed by atoms with Crippen LogP contribution in [0.15, 0.2) is 24.3 Å². The normalized spacial score (nSPS) is 27.2. The van der Waals surface area contributed by atoms with E-state index in [2.05, 4.69) is 0 Å². The lowest BCUT2D eigenvalue weighted by Gasteiger charge is -2.05. The zero-order valence-corrected chi connectivity index (χ0v) is 8.22. The Hall–Kier alpha value is -1.26. The largest absolute Gasteiger partial charge is 0.491 e. The molecule has 3 rings (SSSR count). The molecule has 2 atom stereocenters. The van der Waals surface area contributed by atoms with Crippen LogP contribution in [0, 0.1) is 0 Å². The molecule has 0 N–H and O–H groups in total. The molecule has 15 heavy (non-hydrogen) atoms. The average Bonchev–Trinajstić information content (AvgIpc) is 3.12. The van der Waals surface area contributed by atoms with Gasteiger partial charge in [0.2, 0.25) is 6.29 Å². The van der Waals surface area contributed by atoms with Crippen LogP contribution in [0.2, 0.25) is 0 Å². The molecule has 2 heterocycles. The lowest BCUT2D eigenvalue weighted by molar-refractivity contribution is 0.179. The molecule has 0 saturated carbocycles. The molecule has 0 bridgehead atoms. The van der Waals surface area contributed by atoms with Crippen LogP contribution in [0.4, 0.5) is 0 Å². The Labute approximate surface area is 87.7 Å². The van der Waals surface area contributed by atoms with Gasteiger partial charge in [-0.25, -0.2) is 0 Å². The van der Waals surface area contributed by atoms with Crippen LogP contribution in [-0.2, 0) is 9.47 Å². The molecule has 4 nitrogen and oxygen atoms in total. The summed E-state index contributed by atoms with van der Waals surface area (Å²) in [6.07, 6.45) is 0.248. The van der Waals surface area contributed by atoms with Crippen molar-refractivity contribution < 1.29 is 18.9 Å². The van der Waals surface area contributed by atoms with Gasteiger partial charge in [0.25, 0.3) is 0 Å². The van der Waals surface area contributed by atoms with E-state index in [9.17, 15) is 0 Å².